The standard InChI is InChI=1S/C12H12N2OS2/c1-7-4-5-9(6-13-7)8(2)10-11(15)14-12(16-3)17-10/h4-6H,1-3H3/b10-8-. The van der Waals surface area contributed by atoms with E-state index in [9.17, 15) is 4.79 Å². The lowest BCUT2D eigenvalue weighted by molar-refractivity contribution is -0.113. The lowest BCUT2D eigenvalue weighted by atomic mass is 10.1. The number of aliphatic imine (C=N–C) groups is 1. The summed E-state index contributed by atoms with van der Waals surface area (Å²) in [5.41, 5.74) is 2.89. The number of thioether (sulfide) groups is 2. The van der Waals surface area contributed by atoms with Gasteiger partial charge in [0, 0.05) is 11.9 Å². The third-order valence-electron chi connectivity index (χ3n) is 2.44. The van der Waals surface area contributed by atoms with Crippen LogP contribution < -0.4 is 0 Å². The van der Waals surface area contributed by atoms with Gasteiger partial charge in [-0.2, -0.15) is 4.99 Å². The van der Waals surface area contributed by atoms with Gasteiger partial charge in [-0.05, 0) is 37.3 Å². The summed E-state index contributed by atoms with van der Waals surface area (Å²) in [6.45, 7) is 3.88. The maximum Gasteiger partial charge on any atom is 0.285 e. The van der Waals surface area contributed by atoms with Gasteiger partial charge in [0.25, 0.3) is 5.91 Å². The highest BCUT2D eigenvalue weighted by atomic mass is 32.2. The fourth-order valence-corrected chi connectivity index (χ4v) is 2.90. The maximum atomic E-state index is 11.7. The lowest BCUT2D eigenvalue weighted by Crippen LogP contribution is -1.94. The van der Waals surface area contributed by atoms with Crippen LogP contribution in [0.4, 0.5) is 0 Å². The van der Waals surface area contributed by atoms with E-state index >= 15 is 0 Å². The Morgan fingerprint density at radius 3 is 2.71 bits per heavy atom. The highest BCUT2D eigenvalue weighted by Gasteiger charge is 2.23. The Kier molecular flexibility index (Phi) is 3.69. The van der Waals surface area contributed by atoms with Gasteiger partial charge in [-0.1, -0.05) is 17.8 Å². The predicted molar refractivity (Wildman–Crippen MR) is 75.1 cm³/mol. The van der Waals surface area contributed by atoms with Gasteiger partial charge in [0.15, 0.2) is 0 Å². The van der Waals surface area contributed by atoms with Crippen LogP contribution in [0, 0.1) is 6.92 Å². The molecular formula is C12H12N2OS2. The highest BCUT2D eigenvalue weighted by molar-refractivity contribution is 8.40. The van der Waals surface area contributed by atoms with Crippen LogP contribution in [0.3, 0.4) is 0 Å². The molecule has 1 aliphatic heterocycles. The summed E-state index contributed by atoms with van der Waals surface area (Å²) in [5, 5.41) is 0. The largest absolute Gasteiger partial charge is 0.285 e. The number of carbonyl (C=O) groups excluding carboxylic acids is 1. The van der Waals surface area contributed by atoms with Crippen molar-refractivity contribution in [3.8, 4) is 0 Å². The fourth-order valence-electron chi connectivity index (χ4n) is 1.43. The number of aryl methyl sites for hydroxylation is 1. The van der Waals surface area contributed by atoms with Crippen LogP contribution in [-0.2, 0) is 4.79 Å². The van der Waals surface area contributed by atoms with Crippen molar-refractivity contribution >= 4 is 39.4 Å². The zero-order chi connectivity index (χ0) is 12.4. The number of aromatic nitrogens is 1. The molecule has 1 aromatic rings. The first-order valence-corrected chi connectivity index (χ1v) is 7.14. The van der Waals surface area contributed by atoms with E-state index in [1.54, 1.807) is 6.20 Å². The molecule has 17 heavy (non-hydrogen) atoms. The molecule has 5 heteroatoms. The van der Waals surface area contributed by atoms with E-state index in [1.807, 2.05) is 32.2 Å². The first kappa shape index (κ1) is 12.4. The second-order valence-corrected chi connectivity index (χ2v) is 5.68. The summed E-state index contributed by atoms with van der Waals surface area (Å²) in [6.07, 6.45) is 3.72. The molecule has 3 nitrogen and oxygen atoms in total. The summed E-state index contributed by atoms with van der Waals surface area (Å²) in [4.78, 5) is 20.7. The molecule has 2 rings (SSSR count). The predicted octanol–water partition coefficient (Wildman–Crippen LogP) is 3.11. The van der Waals surface area contributed by atoms with Gasteiger partial charge in [-0.3, -0.25) is 9.78 Å². The first-order valence-electron chi connectivity index (χ1n) is 5.10. The monoisotopic (exact) mass is 264 g/mol. The molecule has 0 saturated heterocycles. The Balaban J connectivity index is 2.34. The van der Waals surface area contributed by atoms with Crippen molar-refractivity contribution < 1.29 is 4.79 Å². The zero-order valence-electron chi connectivity index (χ0n) is 9.85. The van der Waals surface area contributed by atoms with Gasteiger partial charge >= 0.3 is 0 Å². The van der Waals surface area contributed by atoms with Gasteiger partial charge in [-0.15, -0.1) is 11.8 Å². The van der Waals surface area contributed by atoms with Crippen molar-refractivity contribution in [2.45, 2.75) is 13.8 Å². The number of carbonyl (C=O) groups is 1. The highest BCUT2D eigenvalue weighted by Crippen LogP contribution is 2.36. The second-order valence-electron chi connectivity index (χ2n) is 3.63. The minimum Gasteiger partial charge on any atom is -0.266 e. The number of allylic oxidation sites excluding steroid dienone is 1. The molecule has 1 aromatic heterocycles. The van der Waals surface area contributed by atoms with Gasteiger partial charge in [0.05, 0.1) is 4.91 Å². The van der Waals surface area contributed by atoms with Crippen molar-refractivity contribution in [2.75, 3.05) is 6.26 Å². The Hall–Kier alpha value is -1.07. The van der Waals surface area contributed by atoms with Crippen LogP contribution in [0.2, 0.25) is 0 Å². The quantitative estimate of drug-likeness (QED) is 0.731. The summed E-state index contributed by atoms with van der Waals surface area (Å²) in [6, 6.07) is 3.93. The minimum absolute atomic E-state index is 0.141. The molecule has 0 N–H and O–H groups in total. The minimum atomic E-state index is -0.141. The van der Waals surface area contributed by atoms with Gasteiger partial charge < -0.3 is 0 Å². The van der Waals surface area contributed by atoms with E-state index < -0.39 is 0 Å². The van der Waals surface area contributed by atoms with Gasteiger partial charge in [0.1, 0.15) is 4.38 Å². The van der Waals surface area contributed by atoms with Crippen LogP contribution in [-0.4, -0.2) is 21.5 Å². The molecule has 0 radical (unpaired) electrons. The van der Waals surface area contributed by atoms with Crippen LogP contribution in [0.1, 0.15) is 18.2 Å². The average Bonchev–Trinajstić information content (AvgIpc) is 2.71. The zero-order valence-corrected chi connectivity index (χ0v) is 11.5. The molecule has 0 saturated carbocycles. The molecule has 1 aliphatic rings. The molecule has 0 spiro atoms. The number of amides is 1. The average molecular weight is 264 g/mol. The number of hydrogen-bond acceptors (Lipinski definition) is 4. The van der Waals surface area contributed by atoms with E-state index in [-0.39, 0.29) is 5.91 Å². The van der Waals surface area contributed by atoms with E-state index in [0.29, 0.717) is 4.91 Å². The molecule has 0 aromatic carbocycles. The Morgan fingerprint density at radius 1 is 1.41 bits per heavy atom. The Morgan fingerprint density at radius 2 is 2.18 bits per heavy atom. The van der Waals surface area contributed by atoms with Crippen LogP contribution in [0.15, 0.2) is 28.2 Å². The molecule has 0 bridgehead atoms. The van der Waals surface area contributed by atoms with Crippen molar-refractivity contribution in [2.24, 2.45) is 4.99 Å². The van der Waals surface area contributed by atoms with E-state index in [1.165, 1.54) is 23.5 Å². The van der Waals surface area contributed by atoms with Crippen molar-refractivity contribution in [1.29, 1.82) is 0 Å². The van der Waals surface area contributed by atoms with Crippen molar-refractivity contribution in [1.82, 2.24) is 4.98 Å². The Bertz CT molecular complexity index is 518. The normalized spacial score (nSPS) is 18.3. The SMILES string of the molecule is CSC1=NC(=O)/C(=C(\C)c2ccc(C)nc2)S1. The number of pyridine rings is 1. The van der Waals surface area contributed by atoms with E-state index in [4.69, 9.17) is 0 Å². The molecule has 2 heterocycles. The van der Waals surface area contributed by atoms with Crippen molar-refractivity contribution in [3.63, 3.8) is 0 Å². The first-order chi connectivity index (χ1) is 8.11. The smallest absolute Gasteiger partial charge is 0.266 e. The van der Waals surface area contributed by atoms with Gasteiger partial charge in [0.2, 0.25) is 0 Å². The summed E-state index contributed by atoms with van der Waals surface area (Å²) >= 11 is 2.94. The van der Waals surface area contributed by atoms with Crippen LogP contribution in [0.25, 0.3) is 5.57 Å². The van der Waals surface area contributed by atoms with Gasteiger partial charge in [-0.25, -0.2) is 0 Å². The molecule has 1 amide bonds. The van der Waals surface area contributed by atoms with Crippen LogP contribution in [0.5, 0.6) is 0 Å². The van der Waals surface area contributed by atoms with E-state index in [0.717, 1.165) is 21.2 Å². The molecule has 88 valence electrons. The fraction of sp³-hybridized carbons (Fsp3) is 0.250. The molecule has 0 fully saturated rings. The second kappa shape index (κ2) is 5.06. The molecular weight excluding hydrogens is 252 g/mol. The summed E-state index contributed by atoms with van der Waals surface area (Å²) < 4.78 is 0.810. The summed E-state index contributed by atoms with van der Waals surface area (Å²) in [5.74, 6) is -0.141. The summed E-state index contributed by atoms with van der Waals surface area (Å²) in [7, 11) is 0. The molecule has 0 unspecified atom stereocenters. The number of nitrogens with zero attached hydrogens (tertiary/aromatic N) is 2. The number of rotatable bonds is 1. The topological polar surface area (TPSA) is 42.3 Å². The maximum absolute atomic E-state index is 11.7. The number of hydrogen-bond donors (Lipinski definition) is 0. The third-order valence-corrected chi connectivity index (χ3v) is 4.58. The lowest BCUT2D eigenvalue weighted by Gasteiger charge is -2.04. The molecule has 0 atom stereocenters. The van der Waals surface area contributed by atoms with E-state index in [2.05, 4.69) is 9.98 Å². The third kappa shape index (κ3) is 2.61. The Labute approximate surface area is 109 Å². The molecule has 0 aliphatic carbocycles. The van der Waals surface area contributed by atoms with Crippen LogP contribution >= 0.6 is 23.5 Å². The van der Waals surface area contributed by atoms with Crippen molar-refractivity contribution in [3.05, 3.63) is 34.5 Å².